The molecule has 0 aromatic heterocycles. The topological polar surface area (TPSA) is 61.4 Å². The summed E-state index contributed by atoms with van der Waals surface area (Å²) in [6.45, 7) is 4.41. The minimum atomic E-state index is -3.38. The van der Waals surface area contributed by atoms with Crippen LogP contribution in [0, 0.1) is 11.8 Å². The van der Waals surface area contributed by atoms with Crippen molar-refractivity contribution in [1.29, 1.82) is 0 Å². The van der Waals surface area contributed by atoms with E-state index in [0.717, 1.165) is 25.3 Å². The zero-order valence-electron chi connectivity index (χ0n) is 11.7. The van der Waals surface area contributed by atoms with Gasteiger partial charge in [0.1, 0.15) is 6.04 Å². The molecule has 1 aliphatic rings. The van der Waals surface area contributed by atoms with Crippen LogP contribution in [-0.4, -0.2) is 41.1 Å². The lowest BCUT2D eigenvalue weighted by molar-refractivity contribution is 0.538. The van der Waals surface area contributed by atoms with Crippen molar-refractivity contribution in [1.82, 2.24) is 10.0 Å². The molecule has 0 bridgehead atoms. The van der Waals surface area contributed by atoms with Gasteiger partial charge in [0.2, 0.25) is 10.0 Å². The molecule has 1 aromatic rings. The molecule has 0 aliphatic carbocycles. The molecule has 5 nitrogen and oxygen atoms in total. The summed E-state index contributed by atoms with van der Waals surface area (Å²) in [5.74, 6) is 6.12. The molecule has 0 saturated carbocycles. The van der Waals surface area contributed by atoms with Crippen molar-refractivity contribution in [3.05, 3.63) is 24.3 Å². The predicted octanol–water partition coefficient (Wildman–Crippen LogP) is 0.396. The van der Waals surface area contributed by atoms with Crippen LogP contribution < -0.4 is 14.9 Å². The van der Waals surface area contributed by atoms with Crippen LogP contribution in [0.2, 0.25) is 0 Å². The zero-order chi connectivity index (χ0) is 14.6. The number of nitrogens with one attached hydrogen (secondary N) is 2. The van der Waals surface area contributed by atoms with Gasteiger partial charge >= 0.3 is 0 Å². The van der Waals surface area contributed by atoms with E-state index in [1.54, 1.807) is 12.1 Å². The molecule has 1 atom stereocenters. The molecule has 1 aromatic carbocycles. The fourth-order valence-corrected chi connectivity index (χ4v) is 2.97. The standard InChI is InChI=1S/C14H19N3O2S/c1-3-4-13-11-16-9-10-17(13)12-5-7-14(8-6-12)20(18,19)15-2/h5-8,13,15-16H,9-11H2,1-2H3. The number of piperazine rings is 1. The van der Waals surface area contributed by atoms with Gasteiger partial charge < -0.3 is 10.2 Å². The molecule has 1 aliphatic heterocycles. The van der Waals surface area contributed by atoms with Gasteiger partial charge in [0, 0.05) is 25.3 Å². The molecule has 2 N–H and O–H groups in total. The molecule has 1 heterocycles. The van der Waals surface area contributed by atoms with Gasteiger partial charge in [-0.2, -0.15) is 0 Å². The van der Waals surface area contributed by atoms with Gasteiger partial charge in [-0.1, -0.05) is 5.92 Å². The first-order chi connectivity index (χ1) is 9.58. The van der Waals surface area contributed by atoms with Gasteiger partial charge in [-0.15, -0.1) is 5.92 Å². The Bertz CT molecular complexity index is 614. The Hall–Kier alpha value is -1.55. The minimum Gasteiger partial charge on any atom is -0.355 e. The highest BCUT2D eigenvalue weighted by Crippen LogP contribution is 2.20. The number of hydrogen-bond donors (Lipinski definition) is 2. The van der Waals surface area contributed by atoms with Crippen LogP contribution in [-0.2, 0) is 10.0 Å². The Morgan fingerprint density at radius 3 is 2.65 bits per heavy atom. The Labute approximate surface area is 120 Å². The highest BCUT2D eigenvalue weighted by atomic mass is 32.2. The minimum absolute atomic E-state index is 0.125. The molecule has 0 radical (unpaired) electrons. The van der Waals surface area contributed by atoms with E-state index in [-0.39, 0.29) is 10.9 Å². The first-order valence-electron chi connectivity index (χ1n) is 6.52. The van der Waals surface area contributed by atoms with Gasteiger partial charge in [0.25, 0.3) is 0 Å². The lowest BCUT2D eigenvalue weighted by Gasteiger charge is -2.35. The summed E-state index contributed by atoms with van der Waals surface area (Å²) in [7, 11) is -1.97. The van der Waals surface area contributed by atoms with Gasteiger partial charge in [-0.3, -0.25) is 0 Å². The fraction of sp³-hybridized carbons (Fsp3) is 0.429. The molecule has 20 heavy (non-hydrogen) atoms. The number of nitrogens with zero attached hydrogens (tertiary/aromatic N) is 1. The zero-order valence-corrected chi connectivity index (χ0v) is 12.5. The van der Waals surface area contributed by atoms with E-state index < -0.39 is 10.0 Å². The van der Waals surface area contributed by atoms with E-state index in [4.69, 9.17) is 0 Å². The molecular formula is C14H19N3O2S. The molecule has 108 valence electrons. The highest BCUT2D eigenvalue weighted by molar-refractivity contribution is 7.89. The van der Waals surface area contributed by atoms with Crippen LogP contribution in [0.1, 0.15) is 6.92 Å². The van der Waals surface area contributed by atoms with Crippen molar-refractivity contribution >= 4 is 15.7 Å². The molecule has 0 spiro atoms. The first kappa shape index (κ1) is 14.9. The average Bonchev–Trinajstić information content (AvgIpc) is 2.48. The van der Waals surface area contributed by atoms with E-state index in [2.05, 4.69) is 26.8 Å². The maximum Gasteiger partial charge on any atom is 0.240 e. The summed E-state index contributed by atoms with van der Waals surface area (Å²) in [5.41, 5.74) is 0.995. The summed E-state index contributed by atoms with van der Waals surface area (Å²) < 4.78 is 25.7. The van der Waals surface area contributed by atoms with Crippen LogP contribution in [0.15, 0.2) is 29.2 Å². The summed E-state index contributed by atoms with van der Waals surface area (Å²) >= 11 is 0. The SMILES string of the molecule is CC#CC1CNCCN1c1ccc(S(=O)(=O)NC)cc1. The van der Waals surface area contributed by atoms with E-state index in [9.17, 15) is 8.42 Å². The second-order valence-electron chi connectivity index (χ2n) is 4.51. The summed E-state index contributed by atoms with van der Waals surface area (Å²) in [4.78, 5) is 2.47. The second-order valence-corrected chi connectivity index (χ2v) is 6.40. The summed E-state index contributed by atoms with van der Waals surface area (Å²) in [6.07, 6.45) is 0. The normalized spacial score (nSPS) is 19.3. The lowest BCUT2D eigenvalue weighted by atomic mass is 10.1. The van der Waals surface area contributed by atoms with Crippen molar-refractivity contribution < 1.29 is 8.42 Å². The van der Waals surface area contributed by atoms with Crippen LogP contribution in [0.25, 0.3) is 0 Å². The molecule has 2 rings (SSSR count). The predicted molar refractivity (Wildman–Crippen MR) is 80.1 cm³/mol. The number of rotatable bonds is 3. The van der Waals surface area contributed by atoms with Gasteiger partial charge in [-0.05, 0) is 38.2 Å². The Balaban J connectivity index is 2.26. The lowest BCUT2D eigenvalue weighted by Crippen LogP contribution is -2.50. The van der Waals surface area contributed by atoms with Crippen LogP contribution in [0.3, 0.4) is 0 Å². The molecule has 1 fully saturated rings. The van der Waals surface area contributed by atoms with E-state index in [1.807, 2.05) is 19.1 Å². The second kappa shape index (κ2) is 6.27. The summed E-state index contributed by atoms with van der Waals surface area (Å²) in [5, 5.41) is 3.31. The molecule has 0 amide bonds. The third-order valence-corrected chi connectivity index (χ3v) is 4.73. The van der Waals surface area contributed by atoms with Crippen molar-refractivity contribution in [3.63, 3.8) is 0 Å². The van der Waals surface area contributed by atoms with Crippen molar-refractivity contribution in [2.75, 3.05) is 31.6 Å². The largest absolute Gasteiger partial charge is 0.355 e. The monoisotopic (exact) mass is 293 g/mol. The number of benzene rings is 1. The van der Waals surface area contributed by atoms with E-state index in [0.29, 0.717) is 0 Å². The highest BCUT2D eigenvalue weighted by Gasteiger charge is 2.21. The number of sulfonamides is 1. The maximum atomic E-state index is 11.7. The number of anilines is 1. The third kappa shape index (κ3) is 3.12. The molecule has 1 unspecified atom stereocenters. The van der Waals surface area contributed by atoms with Gasteiger partial charge in [0.15, 0.2) is 0 Å². The van der Waals surface area contributed by atoms with Crippen molar-refractivity contribution in [2.24, 2.45) is 0 Å². The Morgan fingerprint density at radius 1 is 1.35 bits per heavy atom. The van der Waals surface area contributed by atoms with E-state index in [1.165, 1.54) is 7.05 Å². The van der Waals surface area contributed by atoms with Gasteiger partial charge in [-0.25, -0.2) is 13.1 Å². The third-order valence-electron chi connectivity index (χ3n) is 3.30. The quantitative estimate of drug-likeness (QED) is 0.792. The molecular weight excluding hydrogens is 274 g/mol. The van der Waals surface area contributed by atoms with Gasteiger partial charge in [0.05, 0.1) is 4.90 Å². The smallest absolute Gasteiger partial charge is 0.240 e. The van der Waals surface area contributed by atoms with E-state index >= 15 is 0 Å². The van der Waals surface area contributed by atoms with Crippen molar-refractivity contribution in [2.45, 2.75) is 17.9 Å². The van der Waals surface area contributed by atoms with Crippen LogP contribution >= 0.6 is 0 Å². The average molecular weight is 293 g/mol. The van der Waals surface area contributed by atoms with Crippen LogP contribution in [0.4, 0.5) is 5.69 Å². The maximum absolute atomic E-state index is 11.7. The summed E-state index contributed by atoms with van der Waals surface area (Å²) in [6, 6.07) is 7.04. The molecule has 1 saturated heterocycles. The fourth-order valence-electron chi connectivity index (χ4n) is 2.24. The first-order valence-corrected chi connectivity index (χ1v) is 8.00. The van der Waals surface area contributed by atoms with Crippen LogP contribution in [0.5, 0.6) is 0 Å². The number of hydrogen-bond acceptors (Lipinski definition) is 4. The Morgan fingerprint density at radius 2 is 2.05 bits per heavy atom. The van der Waals surface area contributed by atoms with Crippen molar-refractivity contribution in [3.8, 4) is 11.8 Å². The molecule has 6 heteroatoms. The Kier molecular flexibility index (Phi) is 4.65.